The lowest BCUT2D eigenvalue weighted by molar-refractivity contribution is 0.104. The van der Waals surface area contributed by atoms with Crippen LogP contribution in [0.25, 0.3) is 0 Å². The van der Waals surface area contributed by atoms with E-state index < -0.39 is 0 Å². The smallest absolute Gasteiger partial charge is 0.231 e. The van der Waals surface area contributed by atoms with Gasteiger partial charge in [-0.05, 0) is 18.2 Å². The van der Waals surface area contributed by atoms with E-state index in [4.69, 9.17) is 14.6 Å². The molecule has 1 heterocycles. The van der Waals surface area contributed by atoms with Gasteiger partial charge in [0.15, 0.2) is 17.3 Å². The molecule has 0 saturated heterocycles. The molecule has 0 saturated carbocycles. The molecule has 2 rings (SSSR count). The third kappa shape index (κ3) is 1.42. The molecule has 0 atom stereocenters. The van der Waals surface area contributed by atoms with E-state index in [2.05, 4.69) is 0 Å². The lowest BCUT2D eigenvalue weighted by atomic mass is 10.1. The SMILES string of the molecule is O=C(/C=C/O)c1ccc2c(c1)OCO2. The van der Waals surface area contributed by atoms with Crippen molar-refractivity contribution in [2.45, 2.75) is 0 Å². The molecule has 1 aromatic rings. The van der Waals surface area contributed by atoms with Gasteiger partial charge in [-0.3, -0.25) is 4.79 Å². The van der Waals surface area contributed by atoms with Crippen LogP contribution in [0.5, 0.6) is 11.5 Å². The number of aliphatic hydroxyl groups excluding tert-OH is 1. The zero-order valence-electron chi connectivity index (χ0n) is 7.27. The third-order valence-corrected chi connectivity index (χ3v) is 1.88. The fourth-order valence-corrected chi connectivity index (χ4v) is 1.21. The molecule has 0 unspecified atom stereocenters. The van der Waals surface area contributed by atoms with E-state index in [1.165, 1.54) is 0 Å². The Morgan fingerprint density at radius 3 is 2.93 bits per heavy atom. The number of fused-ring (bicyclic) bond motifs is 1. The summed E-state index contributed by atoms with van der Waals surface area (Å²) >= 11 is 0. The second-order valence-electron chi connectivity index (χ2n) is 2.75. The van der Waals surface area contributed by atoms with Crippen LogP contribution in [0.15, 0.2) is 30.5 Å². The molecular weight excluding hydrogens is 184 g/mol. The summed E-state index contributed by atoms with van der Waals surface area (Å²) in [5.41, 5.74) is 0.458. The highest BCUT2D eigenvalue weighted by molar-refractivity contribution is 6.04. The molecule has 1 aliphatic heterocycles. The molecule has 0 spiro atoms. The second-order valence-corrected chi connectivity index (χ2v) is 2.75. The Kier molecular flexibility index (Phi) is 2.10. The first-order valence-electron chi connectivity index (χ1n) is 4.06. The van der Waals surface area contributed by atoms with Crippen molar-refractivity contribution < 1.29 is 19.4 Å². The van der Waals surface area contributed by atoms with Crippen molar-refractivity contribution in [3.63, 3.8) is 0 Å². The van der Waals surface area contributed by atoms with Crippen LogP contribution < -0.4 is 9.47 Å². The first kappa shape index (κ1) is 8.62. The normalized spacial score (nSPS) is 13.4. The molecule has 0 bridgehead atoms. The van der Waals surface area contributed by atoms with Gasteiger partial charge in [0.05, 0.1) is 6.26 Å². The maximum atomic E-state index is 11.3. The Bertz CT molecular complexity index is 395. The van der Waals surface area contributed by atoms with Crippen molar-refractivity contribution in [2.24, 2.45) is 0 Å². The molecule has 0 radical (unpaired) electrons. The van der Waals surface area contributed by atoms with E-state index in [-0.39, 0.29) is 12.6 Å². The standard InChI is InChI=1S/C10H8O4/c11-4-3-8(12)7-1-2-9-10(5-7)14-6-13-9/h1-5,11H,6H2/b4-3+. The summed E-state index contributed by atoms with van der Waals surface area (Å²) in [6.45, 7) is 0.183. The molecule has 1 aliphatic rings. The highest BCUT2D eigenvalue weighted by Gasteiger charge is 2.14. The average Bonchev–Trinajstić information content (AvgIpc) is 2.64. The van der Waals surface area contributed by atoms with Crippen LogP contribution in [0.3, 0.4) is 0 Å². The number of hydrogen-bond acceptors (Lipinski definition) is 4. The van der Waals surface area contributed by atoms with Gasteiger partial charge in [0, 0.05) is 11.6 Å². The molecule has 0 amide bonds. The lowest BCUT2D eigenvalue weighted by Crippen LogP contribution is -1.94. The third-order valence-electron chi connectivity index (χ3n) is 1.88. The van der Waals surface area contributed by atoms with E-state index in [0.29, 0.717) is 23.3 Å². The van der Waals surface area contributed by atoms with Crippen molar-refractivity contribution in [3.05, 3.63) is 36.1 Å². The van der Waals surface area contributed by atoms with E-state index in [9.17, 15) is 4.79 Å². The number of hydrogen-bond donors (Lipinski definition) is 1. The number of rotatable bonds is 2. The van der Waals surface area contributed by atoms with Gasteiger partial charge < -0.3 is 14.6 Å². The number of carbonyl (C=O) groups is 1. The Morgan fingerprint density at radius 1 is 1.36 bits per heavy atom. The number of benzene rings is 1. The van der Waals surface area contributed by atoms with Gasteiger partial charge in [-0.25, -0.2) is 0 Å². The second kappa shape index (κ2) is 3.41. The van der Waals surface area contributed by atoms with Crippen molar-refractivity contribution >= 4 is 5.78 Å². The van der Waals surface area contributed by atoms with Crippen LogP contribution in [0.4, 0.5) is 0 Å². The summed E-state index contributed by atoms with van der Waals surface area (Å²) in [6.07, 6.45) is 1.80. The number of allylic oxidation sites excluding steroid dienone is 1. The van der Waals surface area contributed by atoms with Gasteiger partial charge in [0.1, 0.15) is 0 Å². The summed E-state index contributed by atoms with van der Waals surface area (Å²) in [7, 11) is 0. The summed E-state index contributed by atoms with van der Waals surface area (Å²) in [5.74, 6) is 0.919. The molecule has 4 heteroatoms. The zero-order chi connectivity index (χ0) is 9.97. The minimum atomic E-state index is -0.272. The van der Waals surface area contributed by atoms with Gasteiger partial charge in [-0.2, -0.15) is 0 Å². The van der Waals surface area contributed by atoms with Crippen LogP contribution in [0.1, 0.15) is 10.4 Å². The van der Waals surface area contributed by atoms with Crippen LogP contribution >= 0.6 is 0 Å². The molecule has 14 heavy (non-hydrogen) atoms. The first-order valence-corrected chi connectivity index (χ1v) is 4.06. The van der Waals surface area contributed by atoms with Gasteiger partial charge in [0.25, 0.3) is 0 Å². The van der Waals surface area contributed by atoms with Crippen molar-refractivity contribution in [3.8, 4) is 11.5 Å². The molecule has 0 aromatic heterocycles. The highest BCUT2D eigenvalue weighted by atomic mass is 16.7. The Hall–Kier alpha value is -1.97. The average molecular weight is 192 g/mol. The minimum absolute atomic E-state index is 0.183. The first-order chi connectivity index (χ1) is 6.81. The molecule has 0 fully saturated rings. The van der Waals surface area contributed by atoms with Gasteiger partial charge in [0.2, 0.25) is 6.79 Å². The largest absolute Gasteiger partial charge is 0.515 e. The topological polar surface area (TPSA) is 55.8 Å². The molecule has 72 valence electrons. The number of carbonyl (C=O) groups excluding carboxylic acids is 1. The Morgan fingerprint density at radius 2 is 2.14 bits per heavy atom. The molecular formula is C10H8O4. The van der Waals surface area contributed by atoms with Crippen LogP contribution in [-0.2, 0) is 0 Å². The van der Waals surface area contributed by atoms with E-state index >= 15 is 0 Å². The van der Waals surface area contributed by atoms with Crippen molar-refractivity contribution in [1.82, 2.24) is 0 Å². The Labute approximate surface area is 80.4 Å². The fourth-order valence-electron chi connectivity index (χ4n) is 1.21. The van der Waals surface area contributed by atoms with E-state index in [1.807, 2.05) is 0 Å². The molecule has 4 nitrogen and oxygen atoms in total. The lowest BCUT2D eigenvalue weighted by Gasteiger charge is -1.98. The zero-order valence-corrected chi connectivity index (χ0v) is 7.27. The number of ketones is 1. The van der Waals surface area contributed by atoms with E-state index in [1.54, 1.807) is 18.2 Å². The van der Waals surface area contributed by atoms with Crippen LogP contribution in [-0.4, -0.2) is 17.7 Å². The summed E-state index contributed by atoms with van der Waals surface area (Å²) in [6, 6.07) is 4.88. The number of ether oxygens (including phenoxy) is 2. The van der Waals surface area contributed by atoms with Crippen molar-refractivity contribution in [1.29, 1.82) is 0 Å². The molecule has 1 N–H and O–H groups in total. The van der Waals surface area contributed by atoms with Crippen LogP contribution in [0.2, 0.25) is 0 Å². The predicted octanol–water partition coefficient (Wildman–Crippen LogP) is 1.67. The Balaban J connectivity index is 2.33. The fraction of sp³-hybridized carbons (Fsp3) is 0.100. The summed E-state index contributed by atoms with van der Waals surface area (Å²) < 4.78 is 10.2. The van der Waals surface area contributed by atoms with Crippen molar-refractivity contribution in [2.75, 3.05) is 6.79 Å². The van der Waals surface area contributed by atoms with Crippen LogP contribution in [0, 0.1) is 0 Å². The summed E-state index contributed by atoms with van der Waals surface area (Å²) in [5, 5.41) is 8.43. The predicted molar refractivity (Wildman–Crippen MR) is 48.7 cm³/mol. The maximum Gasteiger partial charge on any atom is 0.231 e. The molecule has 0 aliphatic carbocycles. The molecule has 1 aromatic carbocycles. The highest BCUT2D eigenvalue weighted by Crippen LogP contribution is 2.32. The summed E-state index contributed by atoms with van der Waals surface area (Å²) in [4.78, 5) is 11.3. The van der Waals surface area contributed by atoms with Gasteiger partial charge in [-0.1, -0.05) is 0 Å². The number of aliphatic hydroxyl groups is 1. The maximum absolute atomic E-state index is 11.3. The van der Waals surface area contributed by atoms with Gasteiger partial charge >= 0.3 is 0 Å². The quantitative estimate of drug-likeness (QED) is 0.440. The van der Waals surface area contributed by atoms with Gasteiger partial charge in [-0.15, -0.1) is 0 Å². The minimum Gasteiger partial charge on any atom is -0.515 e. The monoisotopic (exact) mass is 192 g/mol. The van der Waals surface area contributed by atoms with E-state index in [0.717, 1.165) is 6.08 Å².